The fourth-order valence-corrected chi connectivity index (χ4v) is 2.30. The fraction of sp³-hybridized carbons (Fsp3) is 0.250. The minimum Gasteiger partial charge on any atom is -0.481 e. The molecular formula is C16H18N2O2. The molecule has 0 saturated heterocycles. The lowest BCUT2D eigenvalue weighted by Crippen LogP contribution is -2.45. The topological polar surface area (TPSA) is 76.2 Å². The maximum atomic E-state index is 11.8. The molecule has 4 heteroatoms. The summed E-state index contributed by atoms with van der Waals surface area (Å²) in [6.45, 7) is 2.01. The lowest BCUT2D eigenvalue weighted by Gasteiger charge is -2.28. The number of hydrogen-bond donors (Lipinski definition) is 2. The molecule has 0 amide bonds. The summed E-state index contributed by atoms with van der Waals surface area (Å²) in [7, 11) is 0. The first-order valence-electron chi connectivity index (χ1n) is 6.48. The van der Waals surface area contributed by atoms with Crippen LogP contribution in [0.3, 0.4) is 0 Å². The number of aryl methyl sites for hydroxylation is 1. The third kappa shape index (κ3) is 2.70. The van der Waals surface area contributed by atoms with Crippen LogP contribution in [0.25, 0.3) is 0 Å². The van der Waals surface area contributed by atoms with Gasteiger partial charge in [0.25, 0.3) is 0 Å². The number of aromatic nitrogens is 1. The van der Waals surface area contributed by atoms with Gasteiger partial charge in [-0.15, -0.1) is 0 Å². The highest BCUT2D eigenvalue weighted by Gasteiger charge is 2.39. The van der Waals surface area contributed by atoms with Crippen molar-refractivity contribution in [3.63, 3.8) is 0 Å². The highest BCUT2D eigenvalue weighted by molar-refractivity contribution is 5.82. The Kier molecular flexibility index (Phi) is 4.15. The number of benzene rings is 1. The molecule has 4 nitrogen and oxygen atoms in total. The van der Waals surface area contributed by atoms with Gasteiger partial charge in [0.2, 0.25) is 0 Å². The van der Waals surface area contributed by atoms with Crippen LogP contribution in [-0.2, 0) is 16.6 Å². The number of hydrogen-bond acceptors (Lipinski definition) is 3. The maximum Gasteiger partial charge on any atom is 0.315 e. The Morgan fingerprint density at radius 3 is 2.50 bits per heavy atom. The van der Waals surface area contributed by atoms with E-state index in [9.17, 15) is 9.90 Å². The zero-order valence-electron chi connectivity index (χ0n) is 11.4. The molecule has 104 valence electrons. The SMILES string of the molecule is Cc1ccc(C(CN)(Cc2cccnc2)C(=O)O)cc1. The summed E-state index contributed by atoms with van der Waals surface area (Å²) in [4.78, 5) is 15.9. The van der Waals surface area contributed by atoms with E-state index >= 15 is 0 Å². The Balaban J connectivity index is 2.45. The van der Waals surface area contributed by atoms with Gasteiger partial charge in [0.15, 0.2) is 0 Å². The van der Waals surface area contributed by atoms with E-state index in [4.69, 9.17) is 5.73 Å². The van der Waals surface area contributed by atoms with E-state index in [1.807, 2.05) is 37.3 Å². The van der Waals surface area contributed by atoms with E-state index in [1.165, 1.54) is 0 Å². The Hall–Kier alpha value is -2.20. The van der Waals surface area contributed by atoms with Crippen LogP contribution >= 0.6 is 0 Å². The second kappa shape index (κ2) is 5.84. The van der Waals surface area contributed by atoms with E-state index in [0.717, 1.165) is 16.7 Å². The minimum atomic E-state index is -1.11. The second-order valence-corrected chi connectivity index (χ2v) is 5.00. The number of aliphatic carboxylic acids is 1. The predicted molar refractivity (Wildman–Crippen MR) is 77.5 cm³/mol. The average molecular weight is 270 g/mol. The van der Waals surface area contributed by atoms with E-state index < -0.39 is 11.4 Å². The molecule has 0 radical (unpaired) electrons. The van der Waals surface area contributed by atoms with Crippen molar-refractivity contribution < 1.29 is 9.90 Å². The smallest absolute Gasteiger partial charge is 0.315 e. The molecule has 0 spiro atoms. The number of nitrogens with zero attached hydrogens (tertiary/aromatic N) is 1. The van der Waals surface area contributed by atoms with Crippen molar-refractivity contribution in [2.75, 3.05) is 6.54 Å². The monoisotopic (exact) mass is 270 g/mol. The van der Waals surface area contributed by atoms with Crippen LogP contribution in [0.4, 0.5) is 0 Å². The number of carboxylic acids is 1. The van der Waals surface area contributed by atoms with Gasteiger partial charge < -0.3 is 10.8 Å². The molecular weight excluding hydrogens is 252 g/mol. The molecule has 0 aliphatic heterocycles. The molecule has 2 aromatic rings. The number of carbonyl (C=O) groups is 1. The molecule has 20 heavy (non-hydrogen) atoms. The number of rotatable bonds is 5. The zero-order chi connectivity index (χ0) is 14.6. The van der Waals surface area contributed by atoms with Gasteiger partial charge in [0.05, 0.1) is 0 Å². The summed E-state index contributed by atoms with van der Waals surface area (Å²) < 4.78 is 0. The summed E-state index contributed by atoms with van der Waals surface area (Å²) in [5.74, 6) is -0.910. The van der Waals surface area contributed by atoms with Gasteiger partial charge in [-0.05, 0) is 30.5 Å². The van der Waals surface area contributed by atoms with Crippen molar-refractivity contribution in [1.82, 2.24) is 4.98 Å². The van der Waals surface area contributed by atoms with Crippen LogP contribution in [0, 0.1) is 6.92 Å². The maximum absolute atomic E-state index is 11.8. The molecule has 0 saturated carbocycles. The first-order chi connectivity index (χ1) is 9.58. The average Bonchev–Trinajstić information content (AvgIpc) is 2.46. The van der Waals surface area contributed by atoms with Crippen LogP contribution in [0.15, 0.2) is 48.8 Å². The van der Waals surface area contributed by atoms with Gasteiger partial charge in [-0.25, -0.2) is 0 Å². The van der Waals surface area contributed by atoms with E-state index in [-0.39, 0.29) is 6.54 Å². The Morgan fingerprint density at radius 1 is 1.30 bits per heavy atom. The van der Waals surface area contributed by atoms with Gasteiger partial charge in [-0.2, -0.15) is 0 Å². The van der Waals surface area contributed by atoms with Crippen molar-refractivity contribution in [1.29, 1.82) is 0 Å². The molecule has 0 bridgehead atoms. The Morgan fingerprint density at radius 2 is 2.00 bits per heavy atom. The standard InChI is InChI=1S/C16H18N2O2/c1-12-4-6-14(7-5-12)16(11-17,15(19)20)9-13-3-2-8-18-10-13/h2-8,10H,9,11,17H2,1H3,(H,19,20). The first-order valence-corrected chi connectivity index (χ1v) is 6.48. The van der Waals surface area contributed by atoms with E-state index in [2.05, 4.69) is 4.98 Å². The lowest BCUT2D eigenvalue weighted by molar-refractivity contribution is -0.143. The molecule has 1 aromatic carbocycles. The summed E-state index contributed by atoms with van der Waals surface area (Å²) >= 11 is 0. The van der Waals surface area contributed by atoms with Crippen LogP contribution < -0.4 is 5.73 Å². The van der Waals surface area contributed by atoms with E-state index in [0.29, 0.717) is 6.42 Å². The Labute approximate surface area is 118 Å². The van der Waals surface area contributed by atoms with Crippen LogP contribution in [0.1, 0.15) is 16.7 Å². The van der Waals surface area contributed by atoms with E-state index in [1.54, 1.807) is 18.5 Å². The minimum absolute atomic E-state index is 0.0420. The molecule has 1 heterocycles. The third-order valence-corrected chi connectivity index (χ3v) is 3.59. The number of nitrogens with two attached hydrogens (primary N) is 1. The van der Waals surface area contributed by atoms with Gasteiger partial charge in [0, 0.05) is 18.9 Å². The molecule has 0 aliphatic carbocycles. The molecule has 3 N–H and O–H groups in total. The van der Waals surface area contributed by atoms with Crippen molar-refractivity contribution in [3.8, 4) is 0 Å². The molecule has 1 unspecified atom stereocenters. The first kappa shape index (κ1) is 14.2. The molecule has 1 atom stereocenters. The quantitative estimate of drug-likeness (QED) is 0.870. The van der Waals surface area contributed by atoms with Crippen LogP contribution in [0.5, 0.6) is 0 Å². The summed E-state index contributed by atoms with van der Waals surface area (Å²) in [6, 6.07) is 11.2. The normalized spacial score (nSPS) is 13.7. The van der Waals surface area contributed by atoms with Crippen LogP contribution in [-0.4, -0.2) is 22.6 Å². The second-order valence-electron chi connectivity index (χ2n) is 5.00. The largest absolute Gasteiger partial charge is 0.481 e. The van der Waals surface area contributed by atoms with Crippen LogP contribution in [0.2, 0.25) is 0 Å². The van der Waals surface area contributed by atoms with Gasteiger partial charge in [-0.1, -0.05) is 35.9 Å². The summed E-state index contributed by atoms with van der Waals surface area (Å²) in [6.07, 6.45) is 3.68. The fourth-order valence-electron chi connectivity index (χ4n) is 2.30. The summed E-state index contributed by atoms with van der Waals surface area (Å²) in [5.41, 5.74) is 7.39. The number of pyridine rings is 1. The van der Waals surface area contributed by atoms with Crippen molar-refractivity contribution in [3.05, 3.63) is 65.5 Å². The van der Waals surface area contributed by atoms with Crippen molar-refractivity contribution >= 4 is 5.97 Å². The third-order valence-electron chi connectivity index (χ3n) is 3.59. The van der Waals surface area contributed by atoms with Crippen molar-refractivity contribution in [2.24, 2.45) is 5.73 Å². The molecule has 0 fully saturated rings. The van der Waals surface area contributed by atoms with Gasteiger partial charge in [0.1, 0.15) is 5.41 Å². The van der Waals surface area contributed by atoms with Crippen molar-refractivity contribution in [2.45, 2.75) is 18.8 Å². The number of carboxylic acid groups (broad SMARTS) is 1. The highest BCUT2D eigenvalue weighted by Crippen LogP contribution is 2.28. The highest BCUT2D eigenvalue weighted by atomic mass is 16.4. The van der Waals surface area contributed by atoms with Gasteiger partial charge in [-0.3, -0.25) is 9.78 Å². The van der Waals surface area contributed by atoms with Gasteiger partial charge >= 0.3 is 5.97 Å². The summed E-state index contributed by atoms with van der Waals surface area (Å²) in [5, 5.41) is 9.71. The molecule has 1 aromatic heterocycles. The lowest BCUT2D eigenvalue weighted by atomic mass is 9.75. The molecule has 0 aliphatic rings. The molecule has 2 rings (SSSR count). The Bertz CT molecular complexity index is 581. The predicted octanol–water partition coefficient (Wildman–Crippen LogP) is 1.91. The zero-order valence-corrected chi connectivity index (χ0v) is 11.4.